The van der Waals surface area contributed by atoms with E-state index >= 15 is 0 Å². The van der Waals surface area contributed by atoms with Crippen LogP contribution in [0.2, 0.25) is 0 Å². The molecule has 3 rings (SSSR count). The Morgan fingerprint density at radius 2 is 1.30 bits per heavy atom. The molecule has 1 aliphatic carbocycles. The third-order valence-corrected chi connectivity index (χ3v) is 3.43. The number of benzene rings is 2. The Labute approximate surface area is 116 Å². The van der Waals surface area contributed by atoms with Gasteiger partial charge in [-0.3, -0.25) is 9.59 Å². The molecular formula is C17H13NO2. The summed E-state index contributed by atoms with van der Waals surface area (Å²) in [4.78, 5) is 25.2. The van der Waals surface area contributed by atoms with Gasteiger partial charge in [0.15, 0.2) is 5.78 Å². The molecule has 98 valence electrons. The highest BCUT2D eigenvalue weighted by molar-refractivity contribution is 6.40. The van der Waals surface area contributed by atoms with Crippen LogP contribution in [-0.2, 0) is 0 Å². The largest absolute Gasteiger partial charge is 0.384 e. The molecule has 0 fully saturated rings. The van der Waals surface area contributed by atoms with Crippen LogP contribution in [0.25, 0.3) is 5.57 Å². The van der Waals surface area contributed by atoms with Gasteiger partial charge in [-0.2, -0.15) is 0 Å². The standard InChI is InChI=1S/C17H13NO2/c1-18-15-14(11-7-3-2-4-8-11)16(19)12-9-5-6-10-13(12)17(15)20/h2-10,18H,1H3. The fourth-order valence-electron chi connectivity index (χ4n) is 2.49. The van der Waals surface area contributed by atoms with Gasteiger partial charge in [0.2, 0.25) is 5.78 Å². The normalized spacial score (nSPS) is 14.2. The summed E-state index contributed by atoms with van der Waals surface area (Å²) >= 11 is 0. The second-order valence-corrected chi connectivity index (χ2v) is 4.57. The van der Waals surface area contributed by atoms with Crippen molar-refractivity contribution in [3.63, 3.8) is 0 Å². The Hall–Kier alpha value is -2.68. The monoisotopic (exact) mass is 263 g/mol. The number of fused-ring (bicyclic) bond motifs is 1. The van der Waals surface area contributed by atoms with Gasteiger partial charge in [-0.15, -0.1) is 0 Å². The Kier molecular flexibility index (Phi) is 2.95. The smallest absolute Gasteiger partial charge is 0.210 e. The fraction of sp³-hybridized carbons (Fsp3) is 0.0588. The number of Topliss-reactive ketones (excluding diaryl/α,β-unsaturated/α-hetero) is 2. The maximum absolute atomic E-state index is 12.7. The van der Waals surface area contributed by atoms with E-state index in [0.29, 0.717) is 22.4 Å². The lowest BCUT2D eigenvalue weighted by Crippen LogP contribution is -2.27. The average molecular weight is 263 g/mol. The fourth-order valence-corrected chi connectivity index (χ4v) is 2.49. The van der Waals surface area contributed by atoms with E-state index in [9.17, 15) is 9.59 Å². The molecule has 0 aromatic heterocycles. The number of allylic oxidation sites excluding steroid dienone is 2. The van der Waals surface area contributed by atoms with Crippen LogP contribution in [-0.4, -0.2) is 18.6 Å². The van der Waals surface area contributed by atoms with Crippen LogP contribution in [0.15, 0.2) is 60.3 Å². The van der Waals surface area contributed by atoms with Gasteiger partial charge >= 0.3 is 0 Å². The molecule has 0 amide bonds. The molecule has 3 heteroatoms. The minimum absolute atomic E-state index is 0.115. The minimum Gasteiger partial charge on any atom is -0.384 e. The molecule has 0 radical (unpaired) electrons. The first-order chi connectivity index (χ1) is 9.74. The SMILES string of the molecule is CNC1=C(c2ccccc2)C(=O)c2ccccc2C1=O. The van der Waals surface area contributed by atoms with Gasteiger partial charge in [0, 0.05) is 18.2 Å². The summed E-state index contributed by atoms with van der Waals surface area (Å²) in [6.07, 6.45) is 0. The molecule has 0 heterocycles. The van der Waals surface area contributed by atoms with Gasteiger partial charge in [-0.05, 0) is 5.56 Å². The average Bonchev–Trinajstić information content (AvgIpc) is 2.51. The maximum Gasteiger partial charge on any atom is 0.210 e. The lowest BCUT2D eigenvalue weighted by atomic mass is 9.84. The second kappa shape index (κ2) is 4.78. The number of likely N-dealkylation sites (N-methyl/N-ethyl adjacent to an activating group) is 1. The first-order valence-electron chi connectivity index (χ1n) is 6.40. The summed E-state index contributed by atoms with van der Waals surface area (Å²) in [5.41, 5.74) is 2.48. The van der Waals surface area contributed by atoms with Crippen LogP contribution < -0.4 is 5.32 Å². The number of rotatable bonds is 2. The molecule has 3 nitrogen and oxygen atoms in total. The highest BCUT2D eigenvalue weighted by Gasteiger charge is 2.31. The van der Waals surface area contributed by atoms with Crippen molar-refractivity contribution in [1.82, 2.24) is 5.32 Å². The zero-order chi connectivity index (χ0) is 14.1. The zero-order valence-corrected chi connectivity index (χ0v) is 11.0. The van der Waals surface area contributed by atoms with E-state index < -0.39 is 0 Å². The summed E-state index contributed by atoms with van der Waals surface area (Å²) in [5.74, 6) is -0.252. The molecule has 0 aliphatic heterocycles. The highest BCUT2D eigenvalue weighted by Crippen LogP contribution is 2.30. The van der Waals surface area contributed by atoms with Gasteiger partial charge in [0.25, 0.3) is 0 Å². The molecule has 20 heavy (non-hydrogen) atoms. The van der Waals surface area contributed by atoms with Crippen LogP contribution in [0.3, 0.4) is 0 Å². The third kappa shape index (κ3) is 1.75. The Morgan fingerprint density at radius 1 is 0.750 bits per heavy atom. The van der Waals surface area contributed by atoms with Crippen molar-refractivity contribution < 1.29 is 9.59 Å². The number of ketones is 2. The molecular weight excluding hydrogens is 250 g/mol. The predicted molar refractivity (Wildman–Crippen MR) is 77.5 cm³/mol. The summed E-state index contributed by atoms with van der Waals surface area (Å²) in [5, 5.41) is 2.88. The molecule has 0 spiro atoms. The molecule has 2 aromatic rings. The molecule has 2 aromatic carbocycles. The zero-order valence-electron chi connectivity index (χ0n) is 11.0. The number of carbonyl (C=O) groups excluding carboxylic acids is 2. The topological polar surface area (TPSA) is 46.2 Å². The van der Waals surface area contributed by atoms with Crippen molar-refractivity contribution >= 4 is 17.1 Å². The van der Waals surface area contributed by atoms with E-state index in [4.69, 9.17) is 0 Å². The summed E-state index contributed by atoms with van der Waals surface area (Å²) < 4.78 is 0. The van der Waals surface area contributed by atoms with Crippen molar-refractivity contribution in [1.29, 1.82) is 0 Å². The van der Waals surface area contributed by atoms with E-state index in [0.717, 1.165) is 5.56 Å². The summed E-state index contributed by atoms with van der Waals surface area (Å²) in [6, 6.07) is 16.2. The van der Waals surface area contributed by atoms with E-state index in [1.807, 2.05) is 30.3 Å². The quantitative estimate of drug-likeness (QED) is 0.906. The molecule has 1 aliphatic rings. The lowest BCUT2D eigenvalue weighted by molar-refractivity contribution is 0.0986. The number of carbonyl (C=O) groups is 2. The molecule has 0 unspecified atom stereocenters. The van der Waals surface area contributed by atoms with Gasteiger partial charge in [-0.1, -0.05) is 54.6 Å². The van der Waals surface area contributed by atoms with Crippen LogP contribution >= 0.6 is 0 Å². The van der Waals surface area contributed by atoms with Crippen molar-refractivity contribution in [2.24, 2.45) is 0 Å². The van der Waals surface area contributed by atoms with Gasteiger partial charge < -0.3 is 5.32 Å². The van der Waals surface area contributed by atoms with Crippen LogP contribution in [0.5, 0.6) is 0 Å². The number of hydrogen-bond donors (Lipinski definition) is 1. The first-order valence-corrected chi connectivity index (χ1v) is 6.40. The summed E-state index contributed by atoms with van der Waals surface area (Å²) in [6.45, 7) is 0. The number of hydrogen-bond acceptors (Lipinski definition) is 3. The van der Waals surface area contributed by atoms with Crippen LogP contribution in [0, 0.1) is 0 Å². The van der Waals surface area contributed by atoms with Gasteiger partial charge in [-0.25, -0.2) is 0 Å². The van der Waals surface area contributed by atoms with Gasteiger partial charge in [0.05, 0.1) is 11.3 Å². The Balaban J connectivity index is 2.27. The minimum atomic E-state index is -0.137. The lowest BCUT2D eigenvalue weighted by Gasteiger charge is -2.20. The van der Waals surface area contributed by atoms with Crippen LogP contribution in [0.4, 0.5) is 0 Å². The van der Waals surface area contributed by atoms with E-state index in [1.54, 1.807) is 31.3 Å². The molecule has 0 saturated carbocycles. The van der Waals surface area contributed by atoms with E-state index in [-0.39, 0.29) is 11.6 Å². The predicted octanol–water partition coefficient (Wildman–Crippen LogP) is 2.70. The molecule has 0 saturated heterocycles. The third-order valence-electron chi connectivity index (χ3n) is 3.43. The van der Waals surface area contributed by atoms with Crippen molar-refractivity contribution in [2.45, 2.75) is 0 Å². The Bertz CT molecular complexity index is 730. The van der Waals surface area contributed by atoms with Gasteiger partial charge in [0.1, 0.15) is 0 Å². The Morgan fingerprint density at radius 3 is 1.90 bits per heavy atom. The molecule has 0 bridgehead atoms. The maximum atomic E-state index is 12.7. The van der Waals surface area contributed by atoms with Crippen molar-refractivity contribution in [3.8, 4) is 0 Å². The van der Waals surface area contributed by atoms with Crippen molar-refractivity contribution in [2.75, 3.05) is 7.05 Å². The second-order valence-electron chi connectivity index (χ2n) is 4.57. The molecule has 1 N–H and O–H groups in total. The number of nitrogens with one attached hydrogen (secondary N) is 1. The van der Waals surface area contributed by atoms with E-state index in [2.05, 4.69) is 5.32 Å². The van der Waals surface area contributed by atoms with Crippen LogP contribution in [0.1, 0.15) is 26.3 Å². The van der Waals surface area contributed by atoms with E-state index in [1.165, 1.54) is 0 Å². The molecule has 0 atom stereocenters. The van der Waals surface area contributed by atoms with Crippen molar-refractivity contribution in [3.05, 3.63) is 77.0 Å². The summed E-state index contributed by atoms with van der Waals surface area (Å²) in [7, 11) is 1.66. The first kappa shape index (κ1) is 12.4. The highest BCUT2D eigenvalue weighted by atomic mass is 16.1.